The van der Waals surface area contributed by atoms with E-state index in [0.29, 0.717) is 12.6 Å². The van der Waals surface area contributed by atoms with Crippen LogP contribution in [0.4, 0.5) is 0 Å². The van der Waals surface area contributed by atoms with Crippen LogP contribution < -0.4 is 14.8 Å². The first-order valence-corrected chi connectivity index (χ1v) is 7.66. The second kappa shape index (κ2) is 11.6. The van der Waals surface area contributed by atoms with Gasteiger partial charge in [-0.3, -0.25) is 4.90 Å². The molecule has 1 N–H and O–H groups in total. The van der Waals surface area contributed by atoms with Crippen LogP contribution in [0, 0.1) is 0 Å². The van der Waals surface area contributed by atoms with Crippen molar-refractivity contribution in [3.05, 3.63) is 36.4 Å². The first-order chi connectivity index (χ1) is 10.3. The summed E-state index contributed by atoms with van der Waals surface area (Å²) in [6.45, 7) is 10.7. The number of benzene rings is 1. The van der Waals surface area contributed by atoms with E-state index < -0.39 is 0 Å². The summed E-state index contributed by atoms with van der Waals surface area (Å²) < 4.78 is 11.1. The Kier molecular flexibility index (Phi) is 11.1. The Morgan fingerprint density at radius 3 is 2.52 bits per heavy atom. The molecule has 1 fully saturated rings. The van der Waals surface area contributed by atoms with Crippen LogP contribution in [0.25, 0.3) is 0 Å². The minimum atomic E-state index is 0. The molecule has 1 aromatic carbocycles. The van der Waals surface area contributed by atoms with E-state index in [1.807, 2.05) is 19.1 Å². The van der Waals surface area contributed by atoms with Crippen molar-refractivity contribution in [3.8, 4) is 11.5 Å². The third-order valence-electron chi connectivity index (χ3n) is 3.85. The largest absolute Gasteiger partial charge is 0.493 e. The number of nitrogens with one attached hydrogen (secondary N) is 1. The summed E-state index contributed by atoms with van der Waals surface area (Å²) in [5, 5.41) is 3.40. The smallest absolute Gasteiger partial charge is 0.161 e. The molecule has 0 aromatic heterocycles. The second-order valence-electron chi connectivity index (χ2n) is 5.17. The fourth-order valence-electron chi connectivity index (χ4n) is 2.81. The lowest BCUT2D eigenvalue weighted by molar-refractivity contribution is 0.174. The number of methoxy groups -OCH3 is 1. The summed E-state index contributed by atoms with van der Waals surface area (Å²) in [6.07, 6.45) is 2.94. The summed E-state index contributed by atoms with van der Waals surface area (Å²) in [5.41, 5.74) is 1.26. The quantitative estimate of drug-likeness (QED) is 0.753. The molecule has 4 nitrogen and oxygen atoms in total. The number of piperazine rings is 1. The van der Waals surface area contributed by atoms with Gasteiger partial charge < -0.3 is 14.8 Å². The Labute approximate surface area is 152 Å². The van der Waals surface area contributed by atoms with Crippen LogP contribution in [0.5, 0.6) is 11.5 Å². The van der Waals surface area contributed by atoms with E-state index in [0.717, 1.165) is 44.1 Å². The molecule has 1 aromatic rings. The lowest BCUT2D eigenvalue weighted by Gasteiger charge is -2.35. The van der Waals surface area contributed by atoms with Gasteiger partial charge in [0.1, 0.15) is 0 Å². The van der Waals surface area contributed by atoms with Crippen LogP contribution in [0.1, 0.15) is 24.9 Å². The molecular weight excluding hydrogens is 335 g/mol. The van der Waals surface area contributed by atoms with Crippen molar-refractivity contribution in [2.45, 2.75) is 19.4 Å². The zero-order valence-corrected chi connectivity index (χ0v) is 15.5. The predicted octanol–water partition coefficient (Wildman–Crippen LogP) is 3.46. The van der Waals surface area contributed by atoms with Crippen molar-refractivity contribution in [3.63, 3.8) is 0 Å². The molecule has 0 spiro atoms. The Bertz CT molecular complexity index is 466. The highest BCUT2D eigenvalue weighted by Crippen LogP contribution is 2.33. The first-order valence-electron chi connectivity index (χ1n) is 7.66. The molecule has 6 heteroatoms. The van der Waals surface area contributed by atoms with Crippen LogP contribution in [-0.4, -0.2) is 44.8 Å². The van der Waals surface area contributed by atoms with Gasteiger partial charge in [0.2, 0.25) is 0 Å². The molecule has 0 saturated carbocycles. The van der Waals surface area contributed by atoms with Crippen LogP contribution in [-0.2, 0) is 0 Å². The number of nitrogens with zero attached hydrogens (tertiary/aromatic N) is 1. The minimum absolute atomic E-state index is 0. The van der Waals surface area contributed by atoms with Crippen LogP contribution in [0.3, 0.4) is 0 Å². The van der Waals surface area contributed by atoms with Crippen LogP contribution >= 0.6 is 24.8 Å². The molecule has 23 heavy (non-hydrogen) atoms. The third kappa shape index (κ3) is 5.88. The van der Waals surface area contributed by atoms with Gasteiger partial charge in [0, 0.05) is 32.2 Å². The Hall–Kier alpha value is -0.940. The van der Waals surface area contributed by atoms with Crippen LogP contribution in [0.15, 0.2) is 30.9 Å². The number of rotatable bonds is 7. The number of ether oxygens (including phenoxy) is 2. The highest BCUT2D eigenvalue weighted by Gasteiger charge is 2.22. The molecule has 0 bridgehead atoms. The van der Waals surface area contributed by atoms with E-state index in [2.05, 4.69) is 28.9 Å². The highest BCUT2D eigenvalue weighted by molar-refractivity contribution is 5.85. The topological polar surface area (TPSA) is 33.7 Å². The van der Waals surface area contributed by atoms with E-state index in [-0.39, 0.29) is 24.8 Å². The number of hydrogen-bond donors (Lipinski definition) is 1. The van der Waals surface area contributed by atoms with Crippen LogP contribution in [0.2, 0.25) is 0 Å². The summed E-state index contributed by atoms with van der Waals surface area (Å²) >= 11 is 0. The van der Waals surface area contributed by atoms with Gasteiger partial charge in [0.05, 0.1) is 13.7 Å². The van der Waals surface area contributed by atoms with Gasteiger partial charge in [-0.2, -0.15) is 0 Å². The van der Waals surface area contributed by atoms with E-state index >= 15 is 0 Å². The fraction of sp³-hybridized carbons (Fsp3) is 0.529. The average molecular weight is 363 g/mol. The molecule has 0 amide bonds. The van der Waals surface area contributed by atoms with Crippen molar-refractivity contribution < 1.29 is 9.47 Å². The van der Waals surface area contributed by atoms with Gasteiger partial charge in [-0.15, -0.1) is 31.4 Å². The monoisotopic (exact) mass is 362 g/mol. The van der Waals surface area contributed by atoms with Gasteiger partial charge in [0.15, 0.2) is 11.5 Å². The molecule has 132 valence electrons. The van der Waals surface area contributed by atoms with Crippen molar-refractivity contribution >= 4 is 24.8 Å². The zero-order chi connectivity index (χ0) is 15.1. The molecule has 0 unspecified atom stereocenters. The van der Waals surface area contributed by atoms with E-state index in [1.165, 1.54) is 5.56 Å². The van der Waals surface area contributed by atoms with Gasteiger partial charge in [-0.1, -0.05) is 12.1 Å². The maximum atomic E-state index is 5.60. The van der Waals surface area contributed by atoms with E-state index in [9.17, 15) is 0 Å². The van der Waals surface area contributed by atoms with E-state index in [1.54, 1.807) is 7.11 Å². The summed E-state index contributed by atoms with van der Waals surface area (Å²) in [4.78, 5) is 2.51. The molecule has 1 saturated heterocycles. The van der Waals surface area contributed by atoms with Gasteiger partial charge in [0.25, 0.3) is 0 Å². The Morgan fingerprint density at radius 1 is 1.26 bits per heavy atom. The Balaban J connectivity index is 0.00000242. The lowest BCUT2D eigenvalue weighted by atomic mass is 10.0. The number of hydrogen-bond acceptors (Lipinski definition) is 4. The molecular formula is C17H28Cl2N2O2. The standard InChI is InChI=1S/C17H26N2O2.2ClH/c1-4-6-15(19-11-9-18-10-12-19)14-7-8-16(21-5-2)17(13-14)20-3;;/h4,7-8,13,15,18H,1,5-6,9-12H2,2-3H3;2*1H/t15-;;/m1../s1. The predicted molar refractivity (Wildman–Crippen MR) is 101 cm³/mol. The van der Waals surface area contributed by atoms with Gasteiger partial charge in [-0.05, 0) is 31.0 Å². The molecule has 2 rings (SSSR count). The van der Waals surface area contributed by atoms with Crippen molar-refractivity contribution in [2.24, 2.45) is 0 Å². The van der Waals surface area contributed by atoms with Crippen molar-refractivity contribution in [1.29, 1.82) is 0 Å². The van der Waals surface area contributed by atoms with Gasteiger partial charge in [-0.25, -0.2) is 0 Å². The van der Waals surface area contributed by atoms with Crippen molar-refractivity contribution in [1.82, 2.24) is 10.2 Å². The second-order valence-corrected chi connectivity index (χ2v) is 5.17. The molecule has 1 atom stereocenters. The maximum absolute atomic E-state index is 5.60. The first kappa shape index (κ1) is 22.1. The highest BCUT2D eigenvalue weighted by atomic mass is 35.5. The van der Waals surface area contributed by atoms with Gasteiger partial charge >= 0.3 is 0 Å². The lowest BCUT2D eigenvalue weighted by Crippen LogP contribution is -2.45. The maximum Gasteiger partial charge on any atom is 0.161 e. The molecule has 1 heterocycles. The summed E-state index contributed by atoms with van der Waals surface area (Å²) in [6, 6.07) is 6.61. The molecule has 1 aliphatic heterocycles. The SMILES string of the molecule is C=CC[C@H](c1ccc(OCC)c(OC)c1)N1CCNCC1.Cl.Cl. The zero-order valence-electron chi connectivity index (χ0n) is 13.9. The molecule has 0 radical (unpaired) electrons. The summed E-state index contributed by atoms with van der Waals surface area (Å²) in [5.74, 6) is 1.61. The summed E-state index contributed by atoms with van der Waals surface area (Å²) in [7, 11) is 1.69. The van der Waals surface area contributed by atoms with E-state index in [4.69, 9.17) is 9.47 Å². The average Bonchev–Trinajstić information content (AvgIpc) is 2.54. The minimum Gasteiger partial charge on any atom is -0.493 e. The Morgan fingerprint density at radius 2 is 1.96 bits per heavy atom. The third-order valence-corrected chi connectivity index (χ3v) is 3.85. The van der Waals surface area contributed by atoms with Crippen molar-refractivity contribution in [2.75, 3.05) is 39.9 Å². The fourth-order valence-corrected chi connectivity index (χ4v) is 2.81. The molecule has 1 aliphatic rings. The normalized spacial score (nSPS) is 15.7. The molecule has 0 aliphatic carbocycles. The number of halogens is 2.